The van der Waals surface area contributed by atoms with Crippen molar-refractivity contribution in [3.63, 3.8) is 0 Å². The fourth-order valence-corrected chi connectivity index (χ4v) is 2.82. The molecule has 0 aliphatic heterocycles. The van der Waals surface area contributed by atoms with Gasteiger partial charge in [0.05, 0.1) is 10.6 Å². The number of hydrogen-bond donors (Lipinski definition) is 2. The molecule has 1 aromatic carbocycles. The molecular weight excluding hydrogens is 278 g/mol. The summed E-state index contributed by atoms with van der Waals surface area (Å²) in [7, 11) is -3.61. The SMILES string of the molecule is Cc1ccc(S(=O)(=O)NCc2c(C)noc2C)cc1N. The molecule has 0 bridgehead atoms. The Kier molecular flexibility index (Phi) is 3.82. The van der Waals surface area contributed by atoms with Gasteiger partial charge in [0.25, 0.3) is 0 Å². The van der Waals surface area contributed by atoms with Crippen LogP contribution >= 0.6 is 0 Å². The fraction of sp³-hybridized carbons (Fsp3) is 0.308. The number of sulfonamides is 1. The van der Waals surface area contributed by atoms with Crippen molar-refractivity contribution in [2.24, 2.45) is 0 Å². The average Bonchev–Trinajstić information content (AvgIpc) is 2.70. The summed E-state index contributed by atoms with van der Waals surface area (Å²) in [5.41, 5.74) is 8.45. The number of rotatable bonds is 4. The second-order valence-electron chi connectivity index (χ2n) is 4.65. The lowest BCUT2D eigenvalue weighted by Crippen LogP contribution is -2.23. The van der Waals surface area contributed by atoms with Crippen LogP contribution in [0.3, 0.4) is 0 Å². The van der Waals surface area contributed by atoms with Gasteiger partial charge in [-0.05, 0) is 38.5 Å². The predicted molar refractivity (Wildman–Crippen MR) is 75.6 cm³/mol. The lowest BCUT2D eigenvalue weighted by Gasteiger charge is -2.08. The summed E-state index contributed by atoms with van der Waals surface area (Å²) in [6.07, 6.45) is 0. The lowest BCUT2D eigenvalue weighted by molar-refractivity contribution is 0.392. The average molecular weight is 295 g/mol. The molecule has 7 heteroatoms. The lowest BCUT2D eigenvalue weighted by atomic mass is 10.2. The van der Waals surface area contributed by atoms with Crippen LogP contribution in [0, 0.1) is 20.8 Å². The van der Waals surface area contributed by atoms with E-state index < -0.39 is 10.0 Å². The zero-order chi connectivity index (χ0) is 14.9. The van der Waals surface area contributed by atoms with Crippen LogP contribution in [-0.2, 0) is 16.6 Å². The Labute approximate surface area is 118 Å². The number of aryl methyl sites for hydroxylation is 3. The van der Waals surface area contributed by atoms with Crippen molar-refractivity contribution in [3.05, 3.63) is 40.8 Å². The standard InChI is InChI=1S/C13H17N3O3S/c1-8-4-5-11(6-13(8)14)20(17,18)15-7-12-9(2)16-19-10(12)3/h4-6,15H,7,14H2,1-3H3. The predicted octanol–water partition coefficient (Wildman–Crippen LogP) is 1.66. The number of hydrogen-bond acceptors (Lipinski definition) is 5. The summed E-state index contributed by atoms with van der Waals surface area (Å²) in [6.45, 7) is 5.47. The minimum atomic E-state index is -3.61. The summed E-state index contributed by atoms with van der Waals surface area (Å²) in [6, 6.07) is 4.66. The van der Waals surface area contributed by atoms with Gasteiger partial charge in [0.1, 0.15) is 5.76 Å². The second kappa shape index (κ2) is 5.26. The molecule has 0 saturated heterocycles. The first-order valence-corrected chi connectivity index (χ1v) is 7.57. The van der Waals surface area contributed by atoms with Gasteiger partial charge in [-0.1, -0.05) is 11.2 Å². The number of nitrogen functional groups attached to an aromatic ring is 1. The number of benzene rings is 1. The molecule has 0 amide bonds. The van der Waals surface area contributed by atoms with E-state index >= 15 is 0 Å². The maximum Gasteiger partial charge on any atom is 0.240 e. The summed E-state index contributed by atoms with van der Waals surface area (Å²) < 4.78 is 31.9. The molecule has 20 heavy (non-hydrogen) atoms. The molecule has 0 atom stereocenters. The normalized spacial score (nSPS) is 11.8. The first-order valence-electron chi connectivity index (χ1n) is 6.09. The molecule has 3 N–H and O–H groups in total. The minimum absolute atomic E-state index is 0.136. The molecule has 0 saturated carbocycles. The van der Waals surface area contributed by atoms with Crippen molar-refractivity contribution in [3.8, 4) is 0 Å². The monoisotopic (exact) mass is 295 g/mol. The van der Waals surface area contributed by atoms with E-state index in [1.54, 1.807) is 19.9 Å². The highest BCUT2D eigenvalue weighted by atomic mass is 32.2. The van der Waals surface area contributed by atoms with Crippen LogP contribution in [0.5, 0.6) is 0 Å². The maximum atomic E-state index is 12.2. The summed E-state index contributed by atoms with van der Waals surface area (Å²) in [5, 5.41) is 3.79. The second-order valence-corrected chi connectivity index (χ2v) is 6.41. The number of nitrogens with two attached hydrogens (primary N) is 1. The zero-order valence-corrected chi connectivity index (χ0v) is 12.4. The van der Waals surface area contributed by atoms with Crippen LogP contribution in [-0.4, -0.2) is 13.6 Å². The smallest absolute Gasteiger partial charge is 0.240 e. The quantitative estimate of drug-likeness (QED) is 0.836. The first kappa shape index (κ1) is 14.5. The van der Waals surface area contributed by atoms with Crippen molar-refractivity contribution >= 4 is 15.7 Å². The van der Waals surface area contributed by atoms with Crippen LogP contribution in [0.25, 0.3) is 0 Å². The highest BCUT2D eigenvalue weighted by Crippen LogP contribution is 2.18. The van der Waals surface area contributed by atoms with Crippen LogP contribution in [0.1, 0.15) is 22.6 Å². The van der Waals surface area contributed by atoms with Crippen LogP contribution in [0.4, 0.5) is 5.69 Å². The van der Waals surface area contributed by atoms with E-state index in [2.05, 4.69) is 9.88 Å². The molecule has 0 unspecified atom stereocenters. The highest BCUT2D eigenvalue weighted by Gasteiger charge is 2.17. The number of nitrogens with one attached hydrogen (secondary N) is 1. The van der Waals surface area contributed by atoms with Gasteiger partial charge in [0.2, 0.25) is 10.0 Å². The Bertz CT molecular complexity index is 716. The van der Waals surface area contributed by atoms with E-state index in [4.69, 9.17) is 10.3 Å². The van der Waals surface area contributed by atoms with E-state index in [0.717, 1.165) is 11.1 Å². The van der Waals surface area contributed by atoms with Gasteiger partial charge in [-0.15, -0.1) is 0 Å². The van der Waals surface area contributed by atoms with Gasteiger partial charge in [0.15, 0.2) is 0 Å². The third kappa shape index (κ3) is 2.83. The third-order valence-corrected chi connectivity index (χ3v) is 4.58. The number of nitrogens with zero attached hydrogens (tertiary/aromatic N) is 1. The molecule has 0 radical (unpaired) electrons. The number of aromatic nitrogens is 1. The van der Waals surface area contributed by atoms with Crippen molar-refractivity contribution < 1.29 is 12.9 Å². The summed E-state index contributed by atoms with van der Waals surface area (Å²) >= 11 is 0. The molecule has 108 valence electrons. The molecule has 1 aromatic heterocycles. The minimum Gasteiger partial charge on any atom is -0.398 e. The molecule has 1 heterocycles. The maximum absolute atomic E-state index is 12.2. The molecule has 0 spiro atoms. The van der Waals surface area contributed by atoms with Crippen molar-refractivity contribution in [2.45, 2.75) is 32.2 Å². The Morgan fingerprint density at radius 1 is 1.30 bits per heavy atom. The van der Waals surface area contributed by atoms with Gasteiger partial charge < -0.3 is 10.3 Å². The first-order chi connectivity index (χ1) is 9.31. The largest absolute Gasteiger partial charge is 0.398 e. The fourth-order valence-electron chi connectivity index (χ4n) is 1.79. The van der Waals surface area contributed by atoms with E-state index in [-0.39, 0.29) is 11.4 Å². The zero-order valence-electron chi connectivity index (χ0n) is 11.6. The van der Waals surface area contributed by atoms with Gasteiger partial charge >= 0.3 is 0 Å². The van der Waals surface area contributed by atoms with E-state index in [9.17, 15) is 8.42 Å². The van der Waals surface area contributed by atoms with Crippen LogP contribution < -0.4 is 10.5 Å². The molecule has 2 aromatic rings. The van der Waals surface area contributed by atoms with Crippen LogP contribution in [0.15, 0.2) is 27.6 Å². The van der Waals surface area contributed by atoms with Gasteiger partial charge in [-0.3, -0.25) is 0 Å². The number of anilines is 1. The van der Waals surface area contributed by atoms with E-state index in [0.29, 0.717) is 17.1 Å². The van der Waals surface area contributed by atoms with E-state index in [1.807, 2.05) is 6.92 Å². The molecule has 6 nitrogen and oxygen atoms in total. The summed E-state index contributed by atoms with van der Waals surface area (Å²) in [5.74, 6) is 0.605. The van der Waals surface area contributed by atoms with Crippen molar-refractivity contribution in [2.75, 3.05) is 5.73 Å². The Morgan fingerprint density at radius 3 is 2.55 bits per heavy atom. The molecule has 0 aliphatic rings. The van der Waals surface area contributed by atoms with Crippen LogP contribution in [0.2, 0.25) is 0 Å². The van der Waals surface area contributed by atoms with Crippen molar-refractivity contribution in [1.82, 2.24) is 9.88 Å². The Morgan fingerprint density at radius 2 is 2.00 bits per heavy atom. The van der Waals surface area contributed by atoms with Gasteiger partial charge in [0, 0.05) is 17.8 Å². The summed E-state index contributed by atoms with van der Waals surface area (Å²) in [4.78, 5) is 0.146. The molecule has 0 fully saturated rings. The third-order valence-electron chi connectivity index (χ3n) is 3.18. The van der Waals surface area contributed by atoms with Crippen molar-refractivity contribution in [1.29, 1.82) is 0 Å². The molecule has 0 aliphatic carbocycles. The highest BCUT2D eigenvalue weighted by molar-refractivity contribution is 7.89. The van der Waals surface area contributed by atoms with Gasteiger partial charge in [-0.2, -0.15) is 0 Å². The van der Waals surface area contributed by atoms with Gasteiger partial charge in [-0.25, -0.2) is 13.1 Å². The molecule has 2 rings (SSSR count). The molecular formula is C13H17N3O3S. The topological polar surface area (TPSA) is 98.2 Å². The van der Waals surface area contributed by atoms with E-state index in [1.165, 1.54) is 12.1 Å². The Balaban J connectivity index is 2.21. The Hall–Kier alpha value is -1.86.